The van der Waals surface area contributed by atoms with Crippen LogP contribution < -0.4 is 10.9 Å². The van der Waals surface area contributed by atoms with Crippen molar-refractivity contribution in [1.29, 1.82) is 0 Å². The zero-order valence-corrected chi connectivity index (χ0v) is 12.5. The van der Waals surface area contributed by atoms with E-state index < -0.39 is 0 Å². The fraction of sp³-hybridized carbons (Fsp3) is 0.294. The van der Waals surface area contributed by atoms with Crippen LogP contribution in [0.5, 0.6) is 5.75 Å². The molecule has 19 heavy (non-hydrogen) atoms. The smallest absolute Gasteiger partial charge is 0.193 e. The molecule has 2 aromatic rings. The Morgan fingerprint density at radius 1 is 0.684 bits per heavy atom. The maximum atomic E-state index is 9.63. The van der Waals surface area contributed by atoms with Crippen molar-refractivity contribution in [2.75, 3.05) is 0 Å². The molecule has 0 saturated carbocycles. The second kappa shape index (κ2) is 5.12. The van der Waals surface area contributed by atoms with E-state index in [0.29, 0.717) is 5.75 Å². The van der Waals surface area contributed by atoms with Gasteiger partial charge in [-0.1, -0.05) is 50.9 Å². The summed E-state index contributed by atoms with van der Waals surface area (Å²) in [7, 11) is 0.940. The molecule has 0 aliphatic carbocycles. The van der Waals surface area contributed by atoms with E-state index in [1.54, 1.807) is 0 Å². The fourth-order valence-electron chi connectivity index (χ4n) is 2.91. The van der Waals surface area contributed by atoms with Crippen molar-refractivity contribution in [3.63, 3.8) is 0 Å². The molecule has 0 bridgehead atoms. The first kappa shape index (κ1) is 13.7. The summed E-state index contributed by atoms with van der Waals surface area (Å²) in [5.74, 6) is 0.358. The van der Waals surface area contributed by atoms with Gasteiger partial charge in [0.05, 0.1) is 0 Å². The average Bonchev–Trinajstić information content (AvgIpc) is 2.25. The summed E-state index contributed by atoms with van der Waals surface area (Å²) in [5, 5.41) is 9.63. The summed E-state index contributed by atoms with van der Waals surface area (Å²) in [5.41, 5.74) is 9.08. The molecule has 98 valence electrons. The second-order valence-electron chi connectivity index (χ2n) is 5.61. The third kappa shape index (κ3) is 2.84. The number of aromatic hydroxyl groups is 1. The molecule has 0 amide bonds. The van der Waals surface area contributed by atoms with Gasteiger partial charge in [-0.3, -0.25) is 0 Å². The molecule has 1 N–H and O–H groups in total. The predicted octanol–water partition coefficient (Wildman–Crippen LogP) is 2.32. The minimum Gasteiger partial charge on any atom is -0.508 e. The van der Waals surface area contributed by atoms with Crippen LogP contribution in [0.25, 0.3) is 0 Å². The topological polar surface area (TPSA) is 20.2 Å². The van der Waals surface area contributed by atoms with Gasteiger partial charge in [0.1, 0.15) is 5.75 Å². The van der Waals surface area contributed by atoms with Gasteiger partial charge in [0.25, 0.3) is 0 Å². The summed E-state index contributed by atoms with van der Waals surface area (Å²) >= 11 is 0. The van der Waals surface area contributed by atoms with Crippen molar-refractivity contribution < 1.29 is 5.11 Å². The van der Waals surface area contributed by atoms with Crippen LogP contribution in [-0.2, 0) is 0 Å². The number of aryl methyl sites for hydroxylation is 5. The monoisotopic (exact) mass is 252 g/mol. The molecule has 0 atom stereocenters. The molecule has 0 aromatic heterocycles. The second-order valence-corrected chi connectivity index (χ2v) is 5.61. The fourth-order valence-corrected chi connectivity index (χ4v) is 2.91. The third-order valence-corrected chi connectivity index (χ3v) is 3.87. The largest absolute Gasteiger partial charge is 0.508 e. The first-order chi connectivity index (χ1) is 8.88. The van der Waals surface area contributed by atoms with Crippen molar-refractivity contribution >= 4 is 18.2 Å². The van der Waals surface area contributed by atoms with Crippen LogP contribution in [-0.4, -0.2) is 12.4 Å². The number of phenolic OH excluding ortho intramolecular Hbond substituents is 1. The molecule has 0 unspecified atom stereocenters. The van der Waals surface area contributed by atoms with E-state index in [4.69, 9.17) is 0 Å². The van der Waals surface area contributed by atoms with E-state index in [9.17, 15) is 5.11 Å². The number of phenols is 1. The summed E-state index contributed by atoms with van der Waals surface area (Å²) in [6, 6.07) is 8.18. The lowest BCUT2D eigenvalue weighted by Gasteiger charge is -2.14. The molecular formula is C17H21BO. The molecule has 0 saturated heterocycles. The molecule has 0 fully saturated rings. The van der Waals surface area contributed by atoms with Gasteiger partial charge in [0, 0.05) is 0 Å². The van der Waals surface area contributed by atoms with Gasteiger partial charge in [0.2, 0.25) is 0 Å². The van der Waals surface area contributed by atoms with Crippen LogP contribution in [0.1, 0.15) is 27.8 Å². The first-order valence-corrected chi connectivity index (χ1v) is 6.74. The molecule has 2 heteroatoms. The van der Waals surface area contributed by atoms with Crippen molar-refractivity contribution in [2.24, 2.45) is 0 Å². The standard InChI is InChI=1S/C17H21BO/c1-10-6-11(2)16(12(3)7-10)18-17-13(4)8-15(19)9-14(17)5/h6-9,18-19H,1-5H3. The van der Waals surface area contributed by atoms with Crippen molar-refractivity contribution in [3.8, 4) is 5.75 Å². The molecule has 0 spiro atoms. The molecule has 1 nitrogen and oxygen atoms in total. The summed E-state index contributed by atoms with van der Waals surface area (Å²) in [6.45, 7) is 10.6. The number of hydrogen-bond acceptors (Lipinski definition) is 1. The quantitative estimate of drug-likeness (QED) is 0.813. The van der Waals surface area contributed by atoms with Crippen LogP contribution in [0.3, 0.4) is 0 Å². The first-order valence-electron chi connectivity index (χ1n) is 6.74. The lowest BCUT2D eigenvalue weighted by atomic mass is 9.58. The van der Waals surface area contributed by atoms with E-state index in [0.717, 1.165) is 18.4 Å². The van der Waals surface area contributed by atoms with Crippen LogP contribution in [0, 0.1) is 34.6 Å². The Balaban J connectivity index is 2.48. The van der Waals surface area contributed by atoms with E-state index in [-0.39, 0.29) is 0 Å². The van der Waals surface area contributed by atoms with E-state index in [2.05, 4.69) is 46.8 Å². The summed E-state index contributed by atoms with van der Waals surface area (Å²) in [4.78, 5) is 0. The average molecular weight is 252 g/mol. The van der Waals surface area contributed by atoms with Gasteiger partial charge in [-0.2, -0.15) is 0 Å². The van der Waals surface area contributed by atoms with Gasteiger partial charge >= 0.3 is 0 Å². The maximum absolute atomic E-state index is 9.63. The van der Waals surface area contributed by atoms with Crippen molar-refractivity contribution in [2.45, 2.75) is 34.6 Å². The zero-order chi connectivity index (χ0) is 14.2. The Kier molecular flexibility index (Phi) is 3.70. The van der Waals surface area contributed by atoms with Gasteiger partial charge < -0.3 is 5.11 Å². The number of rotatable bonds is 2. The molecule has 0 aliphatic heterocycles. The molecular weight excluding hydrogens is 231 g/mol. The van der Waals surface area contributed by atoms with E-state index in [1.807, 2.05) is 12.1 Å². The van der Waals surface area contributed by atoms with Gasteiger partial charge in [0.15, 0.2) is 7.28 Å². The van der Waals surface area contributed by atoms with Crippen molar-refractivity contribution in [1.82, 2.24) is 0 Å². The van der Waals surface area contributed by atoms with E-state index >= 15 is 0 Å². The summed E-state index contributed by atoms with van der Waals surface area (Å²) in [6.07, 6.45) is 0. The summed E-state index contributed by atoms with van der Waals surface area (Å²) < 4.78 is 0. The normalized spacial score (nSPS) is 10.6. The Bertz CT molecular complexity index is 528. The Morgan fingerprint density at radius 2 is 1.05 bits per heavy atom. The zero-order valence-electron chi connectivity index (χ0n) is 12.5. The third-order valence-electron chi connectivity index (χ3n) is 3.87. The van der Waals surface area contributed by atoms with Crippen LogP contribution in [0.2, 0.25) is 0 Å². The molecule has 2 aromatic carbocycles. The SMILES string of the molecule is Cc1cc(C)c(Bc2c(C)cc(O)cc2C)c(C)c1. The van der Waals surface area contributed by atoms with Crippen LogP contribution in [0.4, 0.5) is 0 Å². The lowest BCUT2D eigenvalue weighted by molar-refractivity contribution is 0.474. The van der Waals surface area contributed by atoms with Crippen molar-refractivity contribution in [3.05, 3.63) is 52.1 Å². The van der Waals surface area contributed by atoms with Crippen LogP contribution >= 0.6 is 0 Å². The van der Waals surface area contributed by atoms with Gasteiger partial charge in [-0.25, -0.2) is 0 Å². The number of hydrogen-bond donors (Lipinski definition) is 1. The highest BCUT2D eigenvalue weighted by atomic mass is 16.3. The molecule has 0 radical (unpaired) electrons. The highest BCUT2D eigenvalue weighted by Crippen LogP contribution is 2.13. The predicted molar refractivity (Wildman–Crippen MR) is 84.7 cm³/mol. The van der Waals surface area contributed by atoms with Gasteiger partial charge in [-0.15, -0.1) is 0 Å². The van der Waals surface area contributed by atoms with Gasteiger partial charge in [-0.05, 0) is 46.8 Å². The minimum absolute atomic E-state index is 0.358. The molecule has 2 rings (SSSR count). The highest BCUT2D eigenvalue weighted by molar-refractivity contribution is 6.69. The minimum atomic E-state index is 0.358. The Morgan fingerprint density at radius 3 is 1.47 bits per heavy atom. The Labute approximate surface area is 116 Å². The maximum Gasteiger partial charge on any atom is 0.193 e. The Hall–Kier alpha value is -1.70. The van der Waals surface area contributed by atoms with E-state index in [1.165, 1.54) is 27.6 Å². The van der Waals surface area contributed by atoms with Crippen LogP contribution in [0.15, 0.2) is 24.3 Å². The molecule has 0 aliphatic rings. The molecule has 0 heterocycles. The highest BCUT2D eigenvalue weighted by Gasteiger charge is 2.11. The lowest BCUT2D eigenvalue weighted by Crippen LogP contribution is -2.34. The number of benzene rings is 2.